The molecule has 0 radical (unpaired) electrons. The Labute approximate surface area is 199 Å². The Hall–Kier alpha value is -4.42. The van der Waals surface area contributed by atoms with Gasteiger partial charge in [-0.2, -0.15) is 31.4 Å². The minimum Gasteiger partial charge on any atom is -0.366 e. The molecule has 13 heteroatoms. The van der Waals surface area contributed by atoms with E-state index in [4.69, 9.17) is 5.73 Å². The molecule has 2 aromatic heterocycles. The molecule has 1 amide bonds. The summed E-state index contributed by atoms with van der Waals surface area (Å²) in [6.45, 7) is 0. The Morgan fingerprint density at radius 3 is 1.86 bits per heavy atom. The SMILES string of the molecule is Cn1cc(/C(=C\n2nc(-c3ccc(C(F)(F)F)cc3)nc2-c2ccc(C(F)(F)F)cc2)C(N)=O)cn1. The molecule has 186 valence electrons. The first-order valence-corrected chi connectivity index (χ1v) is 10.2. The van der Waals surface area contributed by atoms with E-state index < -0.39 is 29.4 Å². The highest BCUT2D eigenvalue weighted by atomic mass is 19.4. The van der Waals surface area contributed by atoms with Crippen molar-refractivity contribution in [1.82, 2.24) is 24.5 Å². The van der Waals surface area contributed by atoms with Crippen LogP contribution >= 0.6 is 0 Å². The molecule has 4 rings (SSSR count). The Kier molecular flexibility index (Phi) is 6.16. The first kappa shape index (κ1) is 24.7. The van der Waals surface area contributed by atoms with Crippen LogP contribution in [0.2, 0.25) is 0 Å². The average molecular weight is 506 g/mol. The van der Waals surface area contributed by atoms with E-state index in [0.717, 1.165) is 28.9 Å². The van der Waals surface area contributed by atoms with Crippen LogP contribution in [-0.4, -0.2) is 30.5 Å². The number of carbonyl (C=O) groups excluding carboxylic acids is 1. The molecule has 2 aromatic carbocycles. The maximum Gasteiger partial charge on any atom is 0.416 e. The Bertz CT molecular complexity index is 1430. The van der Waals surface area contributed by atoms with Gasteiger partial charge in [0.1, 0.15) is 0 Å². The number of nitrogens with zero attached hydrogens (tertiary/aromatic N) is 5. The highest BCUT2D eigenvalue weighted by molar-refractivity contribution is 6.22. The van der Waals surface area contributed by atoms with Crippen molar-refractivity contribution < 1.29 is 31.1 Å². The summed E-state index contributed by atoms with van der Waals surface area (Å²) in [7, 11) is 1.62. The lowest BCUT2D eigenvalue weighted by molar-refractivity contribution is -0.138. The molecule has 0 saturated carbocycles. The number of hydrogen-bond donors (Lipinski definition) is 1. The summed E-state index contributed by atoms with van der Waals surface area (Å²) in [6.07, 6.45) is -4.98. The van der Waals surface area contributed by atoms with Gasteiger partial charge in [0.15, 0.2) is 11.6 Å². The van der Waals surface area contributed by atoms with Gasteiger partial charge in [0.25, 0.3) is 5.91 Å². The van der Waals surface area contributed by atoms with E-state index in [1.807, 2.05) is 0 Å². The van der Waals surface area contributed by atoms with E-state index in [1.165, 1.54) is 47.5 Å². The van der Waals surface area contributed by atoms with Crippen LogP contribution in [0.25, 0.3) is 34.5 Å². The van der Waals surface area contributed by atoms with Gasteiger partial charge in [0.2, 0.25) is 0 Å². The summed E-state index contributed by atoms with van der Waals surface area (Å²) >= 11 is 0. The van der Waals surface area contributed by atoms with Crippen molar-refractivity contribution in [2.75, 3.05) is 0 Å². The maximum absolute atomic E-state index is 13.0. The smallest absolute Gasteiger partial charge is 0.366 e. The van der Waals surface area contributed by atoms with Crippen LogP contribution < -0.4 is 5.73 Å². The maximum atomic E-state index is 13.0. The number of primary amides is 1. The summed E-state index contributed by atoms with van der Waals surface area (Å²) in [5, 5.41) is 8.25. The lowest BCUT2D eigenvalue weighted by Gasteiger charge is -2.08. The van der Waals surface area contributed by atoms with Gasteiger partial charge in [0.05, 0.1) is 22.9 Å². The fourth-order valence-corrected chi connectivity index (χ4v) is 3.31. The number of rotatable bonds is 5. The molecule has 0 atom stereocenters. The minimum atomic E-state index is -4.56. The largest absolute Gasteiger partial charge is 0.416 e. The molecule has 0 fully saturated rings. The number of benzene rings is 2. The molecular weight excluding hydrogens is 490 g/mol. The van der Waals surface area contributed by atoms with Gasteiger partial charge < -0.3 is 5.73 Å². The van der Waals surface area contributed by atoms with Crippen LogP contribution in [0, 0.1) is 0 Å². The van der Waals surface area contributed by atoms with Crippen LogP contribution in [0.3, 0.4) is 0 Å². The van der Waals surface area contributed by atoms with Gasteiger partial charge in [-0.3, -0.25) is 9.48 Å². The molecule has 0 bridgehead atoms. The topological polar surface area (TPSA) is 91.6 Å². The number of carbonyl (C=O) groups is 1. The summed E-state index contributed by atoms with van der Waals surface area (Å²) in [4.78, 5) is 16.5. The highest BCUT2D eigenvalue weighted by Crippen LogP contribution is 2.33. The van der Waals surface area contributed by atoms with Crippen LogP contribution in [0.4, 0.5) is 26.3 Å². The number of aromatic nitrogens is 5. The minimum absolute atomic E-state index is 0.0233. The van der Waals surface area contributed by atoms with E-state index >= 15 is 0 Å². The molecule has 0 aliphatic rings. The van der Waals surface area contributed by atoms with Crippen molar-refractivity contribution >= 4 is 17.7 Å². The Morgan fingerprint density at radius 1 is 0.889 bits per heavy atom. The van der Waals surface area contributed by atoms with Crippen LogP contribution in [0.1, 0.15) is 16.7 Å². The standard InChI is InChI=1S/C23H16F6N6O/c1-34-11-15(10-31-34)18(19(30)36)12-35-21(14-4-8-17(9-5-14)23(27,28)29)32-20(33-35)13-2-6-16(7-3-13)22(24,25)26/h2-12H,1H3,(H2,30,36)/b18-12+. The van der Waals surface area contributed by atoms with Crippen LogP contribution in [-0.2, 0) is 24.2 Å². The highest BCUT2D eigenvalue weighted by Gasteiger charge is 2.31. The van der Waals surface area contributed by atoms with E-state index in [2.05, 4.69) is 15.2 Å². The van der Waals surface area contributed by atoms with Crippen molar-refractivity contribution in [2.45, 2.75) is 12.4 Å². The molecule has 0 aliphatic carbocycles. The number of hydrogen-bond acceptors (Lipinski definition) is 4. The van der Waals surface area contributed by atoms with Crippen molar-refractivity contribution in [3.05, 3.63) is 77.6 Å². The third-order valence-corrected chi connectivity index (χ3v) is 5.10. The van der Waals surface area contributed by atoms with Crippen LogP contribution in [0.15, 0.2) is 60.9 Å². The van der Waals surface area contributed by atoms with Crippen molar-refractivity contribution in [3.8, 4) is 22.8 Å². The van der Waals surface area contributed by atoms with Gasteiger partial charge in [0, 0.05) is 36.1 Å². The Balaban J connectivity index is 1.85. The van der Waals surface area contributed by atoms with Gasteiger partial charge in [-0.05, 0) is 24.3 Å². The zero-order valence-corrected chi connectivity index (χ0v) is 18.3. The number of halogens is 6. The second kappa shape index (κ2) is 8.98. The fourth-order valence-electron chi connectivity index (χ4n) is 3.31. The molecule has 36 heavy (non-hydrogen) atoms. The summed E-state index contributed by atoms with van der Waals surface area (Å²) < 4.78 is 80.4. The molecule has 4 aromatic rings. The third kappa shape index (κ3) is 5.14. The molecule has 7 nitrogen and oxygen atoms in total. The first-order chi connectivity index (χ1) is 16.8. The van der Waals surface area contributed by atoms with E-state index in [9.17, 15) is 31.1 Å². The fraction of sp³-hybridized carbons (Fsp3) is 0.130. The van der Waals surface area contributed by atoms with Gasteiger partial charge >= 0.3 is 12.4 Å². The van der Waals surface area contributed by atoms with Gasteiger partial charge in [-0.1, -0.05) is 24.3 Å². The second-order valence-corrected chi connectivity index (χ2v) is 7.66. The van der Waals surface area contributed by atoms with E-state index in [0.29, 0.717) is 5.56 Å². The predicted octanol–water partition coefficient (Wildman–Crippen LogP) is 4.87. The van der Waals surface area contributed by atoms with Crippen molar-refractivity contribution in [3.63, 3.8) is 0 Å². The predicted molar refractivity (Wildman–Crippen MR) is 117 cm³/mol. The second-order valence-electron chi connectivity index (χ2n) is 7.66. The monoisotopic (exact) mass is 506 g/mol. The molecule has 0 saturated heterocycles. The summed E-state index contributed by atoms with van der Waals surface area (Å²) in [6, 6.07) is 8.08. The number of amides is 1. The first-order valence-electron chi connectivity index (χ1n) is 10.2. The normalized spacial score (nSPS) is 12.7. The lowest BCUT2D eigenvalue weighted by atomic mass is 10.1. The van der Waals surface area contributed by atoms with E-state index in [1.54, 1.807) is 7.05 Å². The quantitative estimate of drug-likeness (QED) is 0.309. The molecular formula is C23H16F6N6O. The van der Waals surface area contributed by atoms with Gasteiger partial charge in [-0.15, -0.1) is 5.10 Å². The number of aryl methyl sites for hydroxylation is 1. The number of alkyl halides is 6. The van der Waals surface area contributed by atoms with Crippen LogP contribution in [0.5, 0.6) is 0 Å². The van der Waals surface area contributed by atoms with Crippen molar-refractivity contribution in [1.29, 1.82) is 0 Å². The zero-order chi connectivity index (χ0) is 26.3. The zero-order valence-electron chi connectivity index (χ0n) is 18.3. The third-order valence-electron chi connectivity index (χ3n) is 5.10. The van der Waals surface area contributed by atoms with Crippen molar-refractivity contribution in [2.24, 2.45) is 12.8 Å². The number of nitrogens with two attached hydrogens (primary N) is 1. The lowest BCUT2D eigenvalue weighted by Crippen LogP contribution is -2.14. The summed E-state index contributed by atoms with van der Waals surface area (Å²) in [5.74, 6) is -0.834. The molecule has 2 N–H and O–H groups in total. The molecule has 0 unspecified atom stereocenters. The molecule has 2 heterocycles. The van der Waals surface area contributed by atoms with E-state index in [-0.39, 0.29) is 28.3 Å². The average Bonchev–Trinajstić information content (AvgIpc) is 3.42. The molecule has 0 aliphatic heterocycles. The summed E-state index contributed by atoms with van der Waals surface area (Å²) in [5.41, 5.74) is 4.50. The van der Waals surface area contributed by atoms with Gasteiger partial charge in [-0.25, -0.2) is 9.67 Å². The Morgan fingerprint density at radius 2 is 1.42 bits per heavy atom. The molecule has 0 spiro atoms.